The molecule has 2 heteroatoms. The van der Waals surface area contributed by atoms with Gasteiger partial charge in [0.2, 0.25) is 5.69 Å². The lowest BCUT2D eigenvalue weighted by molar-refractivity contribution is -0.766. The second-order valence-corrected chi connectivity index (χ2v) is 14.6. The number of fused-ring (bicyclic) bond motifs is 5. The fourth-order valence-electron chi connectivity index (χ4n) is 10.1. The fraction of sp³-hybridized carbons (Fsp3) is 0.500. The van der Waals surface area contributed by atoms with Gasteiger partial charge in [-0.2, -0.15) is 4.57 Å². The Bertz CT molecular complexity index is 1600. The Labute approximate surface area is 266 Å². The van der Waals surface area contributed by atoms with Gasteiger partial charge in [0.05, 0.1) is 11.0 Å². The van der Waals surface area contributed by atoms with Crippen LogP contribution in [0.4, 0.5) is 0 Å². The number of aromatic nitrogens is 1. The molecule has 44 heavy (non-hydrogen) atoms. The molecule has 0 radical (unpaired) electrons. The quantitative estimate of drug-likeness (QED) is 0.227. The van der Waals surface area contributed by atoms with Crippen LogP contribution < -0.4 is 4.57 Å². The van der Waals surface area contributed by atoms with Crippen LogP contribution in [-0.2, 0) is 11.0 Å². The molecular weight excluding hydrogens is 532 g/mol. The molecule has 0 amide bonds. The largest absolute Gasteiger partial charge is 0.367 e. The van der Waals surface area contributed by atoms with E-state index in [4.69, 9.17) is 0 Å². The SMILES string of the molecule is CCCCC1CC2CCC1c1cc3c(cc12)C(CC)(CCN1CC=CC=C1c1ccccc1C)C(C)(CC)[n+]1ccccc1-3. The highest BCUT2D eigenvalue weighted by Crippen LogP contribution is 2.58. The molecule has 8 rings (SSSR count). The van der Waals surface area contributed by atoms with Crippen molar-refractivity contribution >= 4 is 5.70 Å². The van der Waals surface area contributed by atoms with Gasteiger partial charge < -0.3 is 4.90 Å². The standard InChI is InChI=1S/C42H53N2/c1-6-9-17-31-27-32-21-22-34(31)36-28-37-38(29-35(32)36)42(8-3,41(5,7-2)44-25-15-13-20-40(37)44)23-26-43-24-14-12-19-39(43)33-18-11-10-16-30(33)4/h10-16,18-20,25,28-29,31-32,34H,6-9,17,21-24,26-27H2,1-5H3/q+1. The third-order valence-electron chi connectivity index (χ3n) is 12.8. The second-order valence-electron chi connectivity index (χ2n) is 14.6. The van der Waals surface area contributed by atoms with Gasteiger partial charge in [0.1, 0.15) is 0 Å². The summed E-state index contributed by atoms with van der Waals surface area (Å²) in [7, 11) is 0. The molecule has 5 aliphatic rings. The van der Waals surface area contributed by atoms with E-state index in [-0.39, 0.29) is 11.0 Å². The fourth-order valence-corrected chi connectivity index (χ4v) is 10.1. The van der Waals surface area contributed by atoms with Crippen LogP contribution in [0.15, 0.2) is 79.0 Å². The summed E-state index contributed by atoms with van der Waals surface area (Å²) in [6.07, 6.45) is 21.0. The number of nitrogens with zero attached hydrogens (tertiary/aromatic N) is 2. The van der Waals surface area contributed by atoms with E-state index >= 15 is 0 Å². The predicted octanol–water partition coefficient (Wildman–Crippen LogP) is 10.2. The van der Waals surface area contributed by atoms with Gasteiger partial charge in [0.25, 0.3) is 0 Å². The number of rotatable bonds is 9. The molecule has 230 valence electrons. The normalized spacial score (nSPS) is 28.3. The number of allylic oxidation sites excluding steroid dienone is 2. The molecule has 3 aromatic rings. The summed E-state index contributed by atoms with van der Waals surface area (Å²) in [5.74, 6) is 2.38. The van der Waals surface area contributed by atoms with Gasteiger partial charge in [0.15, 0.2) is 11.7 Å². The molecule has 2 aliphatic heterocycles. The lowest BCUT2D eigenvalue weighted by Crippen LogP contribution is -2.68. The molecule has 1 aromatic heterocycles. The summed E-state index contributed by atoms with van der Waals surface area (Å²) < 4.78 is 2.69. The first-order chi connectivity index (χ1) is 21.5. The van der Waals surface area contributed by atoms with Crippen molar-refractivity contribution in [1.29, 1.82) is 0 Å². The van der Waals surface area contributed by atoms with Gasteiger partial charge in [0, 0.05) is 49.8 Å². The minimum absolute atomic E-state index is 0.00487. The van der Waals surface area contributed by atoms with Crippen molar-refractivity contribution in [3.05, 3.63) is 107 Å². The van der Waals surface area contributed by atoms with E-state index in [1.807, 2.05) is 0 Å². The Morgan fingerprint density at radius 1 is 0.932 bits per heavy atom. The maximum atomic E-state index is 2.78. The molecule has 2 nitrogen and oxygen atoms in total. The Balaban J connectivity index is 1.34. The number of unbranched alkanes of at least 4 members (excludes halogenated alkanes) is 1. The molecule has 2 aromatic carbocycles. The highest BCUT2D eigenvalue weighted by molar-refractivity contribution is 5.70. The summed E-state index contributed by atoms with van der Waals surface area (Å²) in [4.78, 5) is 2.65. The minimum Gasteiger partial charge on any atom is -0.367 e. The molecule has 3 aliphatic carbocycles. The van der Waals surface area contributed by atoms with E-state index in [0.717, 1.165) is 50.1 Å². The van der Waals surface area contributed by atoms with Gasteiger partial charge in [-0.05, 0) is 104 Å². The van der Waals surface area contributed by atoms with Gasteiger partial charge in [-0.3, -0.25) is 0 Å². The maximum Gasteiger partial charge on any atom is 0.213 e. The van der Waals surface area contributed by atoms with Gasteiger partial charge >= 0.3 is 0 Å². The van der Waals surface area contributed by atoms with E-state index < -0.39 is 0 Å². The maximum absolute atomic E-state index is 2.78. The van der Waals surface area contributed by atoms with E-state index in [9.17, 15) is 0 Å². The Hall–Kier alpha value is -3.13. The first kappa shape index (κ1) is 29.6. The van der Waals surface area contributed by atoms with Crippen molar-refractivity contribution in [3.63, 3.8) is 0 Å². The molecule has 0 N–H and O–H groups in total. The summed E-state index contributed by atoms with van der Waals surface area (Å²) >= 11 is 0. The van der Waals surface area contributed by atoms with Crippen molar-refractivity contribution in [1.82, 2.24) is 4.90 Å². The number of hydrogen-bond donors (Lipinski definition) is 0. The zero-order chi connectivity index (χ0) is 30.5. The summed E-state index contributed by atoms with van der Waals surface area (Å²) in [6.45, 7) is 14.1. The van der Waals surface area contributed by atoms with E-state index in [2.05, 4.69) is 123 Å². The molecule has 1 fully saturated rings. The second kappa shape index (κ2) is 11.7. The smallest absolute Gasteiger partial charge is 0.213 e. The molecule has 5 unspecified atom stereocenters. The van der Waals surface area contributed by atoms with Gasteiger partial charge in [-0.25, -0.2) is 0 Å². The number of hydrogen-bond acceptors (Lipinski definition) is 1. The van der Waals surface area contributed by atoms with Crippen LogP contribution in [-0.4, -0.2) is 18.0 Å². The van der Waals surface area contributed by atoms with Crippen molar-refractivity contribution < 1.29 is 4.57 Å². The Kier molecular flexibility index (Phi) is 7.84. The zero-order valence-corrected chi connectivity index (χ0v) is 27.9. The highest BCUT2D eigenvalue weighted by Gasteiger charge is 2.59. The van der Waals surface area contributed by atoms with Crippen molar-refractivity contribution in [2.24, 2.45) is 5.92 Å². The lowest BCUT2D eigenvalue weighted by atomic mass is 9.55. The van der Waals surface area contributed by atoms with Crippen molar-refractivity contribution in [3.8, 4) is 11.3 Å². The Morgan fingerprint density at radius 3 is 2.57 bits per heavy atom. The van der Waals surface area contributed by atoms with E-state index in [1.165, 1.54) is 66.6 Å². The summed E-state index contributed by atoms with van der Waals surface area (Å²) in [5.41, 5.74) is 12.1. The monoisotopic (exact) mass is 585 g/mol. The molecule has 2 bridgehead atoms. The van der Waals surface area contributed by atoms with E-state index in [1.54, 1.807) is 16.7 Å². The van der Waals surface area contributed by atoms with Crippen LogP contribution in [0.3, 0.4) is 0 Å². The summed E-state index contributed by atoms with van der Waals surface area (Å²) in [5, 5.41) is 0. The zero-order valence-electron chi connectivity index (χ0n) is 27.9. The first-order valence-corrected chi connectivity index (χ1v) is 17.8. The van der Waals surface area contributed by atoms with Crippen LogP contribution in [0, 0.1) is 12.8 Å². The van der Waals surface area contributed by atoms with Crippen LogP contribution in [0.2, 0.25) is 0 Å². The van der Waals surface area contributed by atoms with Crippen LogP contribution >= 0.6 is 0 Å². The van der Waals surface area contributed by atoms with Crippen LogP contribution in [0.25, 0.3) is 17.0 Å². The predicted molar refractivity (Wildman–Crippen MR) is 185 cm³/mol. The van der Waals surface area contributed by atoms with Crippen LogP contribution in [0.5, 0.6) is 0 Å². The number of pyridine rings is 1. The third-order valence-corrected chi connectivity index (χ3v) is 12.8. The summed E-state index contributed by atoms with van der Waals surface area (Å²) in [6, 6.07) is 21.3. The van der Waals surface area contributed by atoms with Gasteiger partial charge in [-0.15, -0.1) is 0 Å². The first-order valence-electron chi connectivity index (χ1n) is 17.8. The average molecular weight is 586 g/mol. The van der Waals surface area contributed by atoms with Crippen molar-refractivity contribution in [2.75, 3.05) is 13.1 Å². The Morgan fingerprint density at radius 2 is 1.77 bits per heavy atom. The highest BCUT2D eigenvalue weighted by atomic mass is 15.1. The number of benzene rings is 2. The van der Waals surface area contributed by atoms with Crippen LogP contribution in [0.1, 0.15) is 125 Å². The molecule has 0 saturated heterocycles. The molecule has 0 spiro atoms. The molecule has 5 atom stereocenters. The van der Waals surface area contributed by atoms with Gasteiger partial charge in [-0.1, -0.05) is 76.1 Å². The lowest BCUT2D eigenvalue weighted by Gasteiger charge is -2.51. The van der Waals surface area contributed by atoms with E-state index in [0.29, 0.717) is 0 Å². The molecular formula is C42H53N2+. The van der Waals surface area contributed by atoms with Crippen molar-refractivity contribution in [2.45, 2.75) is 115 Å². The molecule has 3 heterocycles. The third kappa shape index (κ3) is 4.45. The topological polar surface area (TPSA) is 7.12 Å². The number of aryl methyl sites for hydroxylation is 1. The average Bonchev–Trinajstić information content (AvgIpc) is 3.07. The minimum atomic E-state index is -0.00487. The molecule has 1 saturated carbocycles.